The molecule has 0 unspecified atom stereocenters. The van der Waals surface area contributed by atoms with E-state index in [1.807, 2.05) is 24.3 Å². The van der Waals surface area contributed by atoms with Crippen LogP contribution in [0.5, 0.6) is 0 Å². The fourth-order valence-electron chi connectivity index (χ4n) is 5.38. The fourth-order valence-corrected chi connectivity index (χ4v) is 5.38. The Labute approximate surface area is 286 Å². The summed E-state index contributed by atoms with van der Waals surface area (Å²) < 4.78 is 3.21. The molecule has 6 rings (SSSR count). The number of hydrogen-bond donors (Lipinski definition) is 7. The number of carbonyl (C=O) groups excluding carboxylic acids is 2. The summed E-state index contributed by atoms with van der Waals surface area (Å²) in [5, 5.41) is 48.8. The number of aliphatic hydroxyl groups is 1. The third-order valence-corrected chi connectivity index (χ3v) is 7.52. The lowest BCUT2D eigenvalue weighted by atomic mass is 10.0. The molecular formula is C34H48N10O5. The zero-order valence-electron chi connectivity index (χ0n) is 26.5. The largest absolute Gasteiger partial charge is 0.409 e. The molecular weight excluding hydrogens is 628 g/mol. The predicted molar refractivity (Wildman–Crippen MR) is 186 cm³/mol. The monoisotopic (exact) mass is 676 g/mol. The van der Waals surface area contributed by atoms with Gasteiger partial charge in [-0.3, -0.25) is 19.0 Å². The molecule has 0 saturated heterocycles. The molecule has 2 amide bonds. The van der Waals surface area contributed by atoms with Gasteiger partial charge in [-0.25, -0.2) is 5.90 Å². The second-order valence-corrected chi connectivity index (χ2v) is 10.7. The van der Waals surface area contributed by atoms with Crippen molar-refractivity contribution in [1.82, 2.24) is 30.2 Å². The van der Waals surface area contributed by atoms with Crippen LogP contribution < -0.4 is 22.3 Å². The number of amidine groups is 1. The predicted octanol–water partition coefficient (Wildman–Crippen LogP) is 3.25. The summed E-state index contributed by atoms with van der Waals surface area (Å²) in [5.41, 5.74) is 12.5. The highest BCUT2D eigenvalue weighted by atomic mass is 16.4. The number of aromatic nitrogens is 4. The number of nitrogens with zero attached hydrogens (tertiary/aromatic N) is 6. The Morgan fingerprint density at radius 3 is 1.76 bits per heavy atom. The van der Waals surface area contributed by atoms with Crippen molar-refractivity contribution in [2.45, 2.75) is 59.5 Å². The maximum Gasteiger partial charge on any atom is 0.254 e. The number of fused-ring (bicyclic) bond motifs is 2. The van der Waals surface area contributed by atoms with E-state index in [1.165, 1.54) is 0 Å². The van der Waals surface area contributed by atoms with Gasteiger partial charge in [0.25, 0.3) is 11.8 Å². The van der Waals surface area contributed by atoms with E-state index in [1.54, 1.807) is 67.3 Å². The van der Waals surface area contributed by atoms with Gasteiger partial charge >= 0.3 is 0 Å². The van der Waals surface area contributed by atoms with Gasteiger partial charge in [-0.15, -0.1) is 0 Å². The average molecular weight is 677 g/mol. The lowest BCUT2D eigenvalue weighted by Crippen LogP contribution is -2.26. The number of benzene rings is 2. The quantitative estimate of drug-likeness (QED) is 0.0704. The van der Waals surface area contributed by atoms with Crippen molar-refractivity contribution in [3.8, 4) is 6.07 Å². The molecule has 49 heavy (non-hydrogen) atoms. The third kappa shape index (κ3) is 10.7. The van der Waals surface area contributed by atoms with Crippen LogP contribution in [0.15, 0.2) is 66.3 Å². The molecule has 0 fully saturated rings. The first-order valence-electron chi connectivity index (χ1n) is 14.8. The molecule has 2 aromatic heterocycles. The van der Waals surface area contributed by atoms with E-state index < -0.39 is 0 Å². The number of hydrogen-bond acceptors (Lipinski definition) is 10. The van der Waals surface area contributed by atoms with E-state index >= 15 is 0 Å². The van der Waals surface area contributed by atoms with Gasteiger partial charge in [-0.2, -0.15) is 15.5 Å². The molecule has 2 aliphatic carbocycles. The number of nitrogens with one attached hydrogen (secondary N) is 2. The van der Waals surface area contributed by atoms with Crippen molar-refractivity contribution >= 4 is 17.6 Å². The van der Waals surface area contributed by atoms with Crippen molar-refractivity contribution < 1.29 is 25.1 Å². The summed E-state index contributed by atoms with van der Waals surface area (Å²) in [5.74, 6) is 3.34. The topological polar surface area (TPSA) is 243 Å². The molecule has 9 N–H and O–H groups in total. The first-order valence-corrected chi connectivity index (χ1v) is 14.8. The number of amides is 2. The highest BCUT2D eigenvalue weighted by molar-refractivity contribution is 5.97. The maximum atomic E-state index is 12.2. The van der Waals surface area contributed by atoms with E-state index in [9.17, 15) is 9.59 Å². The average Bonchev–Trinajstić information content (AvgIpc) is 3.90. The summed E-state index contributed by atoms with van der Waals surface area (Å²) in [6.45, 7) is 1.93. The molecule has 2 heterocycles. The van der Waals surface area contributed by atoms with Gasteiger partial charge in [-0.1, -0.05) is 38.2 Å². The lowest BCUT2D eigenvalue weighted by molar-refractivity contribution is 0.0928. The molecule has 15 heteroatoms. The van der Waals surface area contributed by atoms with Gasteiger partial charge in [0.05, 0.1) is 47.2 Å². The first-order chi connectivity index (χ1) is 22.7. The Bertz CT molecular complexity index is 1740. The zero-order chi connectivity index (χ0) is 34.5. The molecule has 0 radical (unpaired) electrons. The van der Waals surface area contributed by atoms with Gasteiger partial charge in [0.15, 0.2) is 5.84 Å². The minimum absolute atomic E-state index is 0. The lowest BCUT2D eigenvalue weighted by Gasteiger charge is -2.13. The van der Waals surface area contributed by atoms with Crippen LogP contribution in [0.2, 0.25) is 0 Å². The highest BCUT2D eigenvalue weighted by Crippen LogP contribution is 2.33. The summed E-state index contributed by atoms with van der Waals surface area (Å²) in [6.07, 6.45) is 9.94. The van der Waals surface area contributed by atoms with E-state index in [-0.39, 0.29) is 51.2 Å². The molecule has 0 spiro atoms. The number of nitrogens with two attached hydrogens (primary N) is 2. The first kappa shape index (κ1) is 41.5. The molecule has 264 valence electrons. The van der Waals surface area contributed by atoms with Crippen molar-refractivity contribution in [3.63, 3.8) is 0 Å². The number of aliphatic hydroxyl groups excluding tert-OH is 1. The third-order valence-electron chi connectivity index (χ3n) is 7.52. The molecule has 2 atom stereocenters. The Balaban J connectivity index is 0.000000420. The number of nitriles is 1. The molecule has 0 bridgehead atoms. The zero-order valence-corrected chi connectivity index (χ0v) is 26.5. The normalized spacial score (nSPS) is 15.0. The van der Waals surface area contributed by atoms with Gasteiger partial charge in [0.1, 0.15) is 0 Å². The van der Waals surface area contributed by atoms with E-state index in [2.05, 4.69) is 38.0 Å². The van der Waals surface area contributed by atoms with Crippen LogP contribution in [-0.2, 0) is 26.9 Å². The van der Waals surface area contributed by atoms with Crippen LogP contribution in [0.1, 0.15) is 101 Å². The Morgan fingerprint density at radius 1 is 0.898 bits per heavy atom. The van der Waals surface area contributed by atoms with E-state index in [4.69, 9.17) is 26.5 Å². The van der Waals surface area contributed by atoms with E-state index in [0.29, 0.717) is 22.3 Å². The van der Waals surface area contributed by atoms with Gasteiger partial charge in [-0.05, 0) is 73.1 Å². The van der Waals surface area contributed by atoms with Crippen molar-refractivity contribution in [1.29, 1.82) is 5.26 Å². The van der Waals surface area contributed by atoms with Gasteiger partial charge in [0.2, 0.25) is 0 Å². The highest BCUT2D eigenvalue weighted by Gasteiger charge is 2.26. The van der Waals surface area contributed by atoms with Crippen molar-refractivity contribution in [2.24, 2.45) is 30.9 Å². The standard InChI is InChI=1S/C15H17N5O2.C15H14N4O.C2H6O.2CH4.H3NO/c1-20-8-11(7-17-20)15(21)18-13-5-3-9-6-10(14(16)19-22)2-4-12(9)13;1-19-9-12(8-17-19)15(20)18-14-5-3-11-6-10(7-16)2-4-13(11)14;1-2-3;;;1-2/h2,4,6-8,13,22H,3,5H2,1H3,(H2,16,19)(H,18,21);2,4,6,8-9,14H,3,5H2,1H3,(H,18,20);3H,2H2,1H3;2*1H4;2H,1H2/t13-;14-;;;;/m11..../s1. The molecule has 2 aromatic carbocycles. The molecule has 2 aliphatic rings. The van der Waals surface area contributed by atoms with Gasteiger partial charge in [0, 0.05) is 38.7 Å². The molecule has 0 saturated carbocycles. The van der Waals surface area contributed by atoms with E-state index in [0.717, 1.165) is 47.9 Å². The molecule has 15 nitrogen and oxygen atoms in total. The molecule has 4 aromatic rings. The maximum absolute atomic E-state index is 12.2. The minimum Gasteiger partial charge on any atom is -0.409 e. The van der Waals surface area contributed by atoms with Gasteiger partial charge < -0.3 is 31.9 Å². The van der Waals surface area contributed by atoms with Crippen LogP contribution in [0.3, 0.4) is 0 Å². The second-order valence-electron chi connectivity index (χ2n) is 10.7. The molecule has 0 aliphatic heterocycles. The minimum atomic E-state index is -0.133. The van der Waals surface area contributed by atoms with Crippen LogP contribution in [0, 0.1) is 11.3 Å². The second kappa shape index (κ2) is 20.0. The summed E-state index contributed by atoms with van der Waals surface area (Å²) >= 11 is 0. The Hall–Kier alpha value is -5.56. The summed E-state index contributed by atoms with van der Waals surface area (Å²) in [4.78, 5) is 24.3. The van der Waals surface area contributed by atoms with Crippen molar-refractivity contribution in [3.05, 3.63) is 106 Å². The van der Waals surface area contributed by atoms with Crippen LogP contribution >= 0.6 is 0 Å². The summed E-state index contributed by atoms with van der Waals surface area (Å²) in [6, 6.07) is 13.4. The van der Waals surface area contributed by atoms with Crippen molar-refractivity contribution in [2.75, 3.05) is 6.61 Å². The number of carbonyl (C=O) groups is 2. The van der Waals surface area contributed by atoms with Crippen LogP contribution in [0.25, 0.3) is 0 Å². The fraction of sp³-hybridized carbons (Fsp3) is 0.353. The SMILES string of the molecule is C.C.CCO.Cn1cc(C(=O)N[C@@H]2CCc3cc(/C(N)=N/O)ccc32)cn1.Cn1cc(C(=O)N[C@@H]2CCc3cc(C#N)ccc32)cn1.NO. The number of oxime groups is 1. The number of aryl methyl sites for hydroxylation is 4. The number of rotatable bonds is 5. The smallest absolute Gasteiger partial charge is 0.254 e. The van der Waals surface area contributed by atoms with Crippen LogP contribution in [-0.4, -0.2) is 59.3 Å². The Morgan fingerprint density at radius 2 is 1.35 bits per heavy atom. The van der Waals surface area contributed by atoms with Crippen LogP contribution in [0.4, 0.5) is 0 Å². The Kier molecular flexibility index (Phi) is 16.9. The summed E-state index contributed by atoms with van der Waals surface area (Å²) in [7, 11) is 3.56.